The van der Waals surface area contributed by atoms with Gasteiger partial charge in [-0.15, -0.1) is 0 Å². The Labute approximate surface area is 120 Å². The van der Waals surface area contributed by atoms with Gasteiger partial charge in [-0.05, 0) is 37.6 Å². The molecule has 1 amide bonds. The largest absolute Gasteiger partial charge is 0.347 e. The zero-order valence-electron chi connectivity index (χ0n) is 12.4. The molecule has 2 aromatic rings. The first-order valence-electron chi connectivity index (χ1n) is 7.18. The summed E-state index contributed by atoms with van der Waals surface area (Å²) in [6.45, 7) is 6.86. The summed E-state index contributed by atoms with van der Waals surface area (Å²) >= 11 is 0. The topological polar surface area (TPSA) is 60.0 Å². The van der Waals surface area contributed by atoms with E-state index in [-0.39, 0.29) is 17.9 Å². The number of anilines is 1. The number of amides is 1. The van der Waals surface area contributed by atoms with Crippen molar-refractivity contribution < 1.29 is 4.79 Å². The van der Waals surface area contributed by atoms with Gasteiger partial charge in [0.1, 0.15) is 0 Å². The number of aromatic nitrogens is 1. The van der Waals surface area contributed by atoms with Crippen molar-refractivity contribution in [2.24, 2.45) is 11.7 Å². The molecular weight excluding hydrogens is 250 g/mol. The molecule has 0 bridgehead atoms. The van der Waals surface area contributed by atoms with Gasteiger partial charge in [0.05, 0.1) is 5.92 Å². The zero-order valence-corrected chi connectivity index (χ0v) is 12.4. The van der Waals surface area contributed by atoms with Gasteiger partial charge in [-0.1, -0.05) is 13.8 Å². The van der Waals surface area contributed by atoms with Crippen LogP contribution < -0.4 is 11.1 Å². The van der Waals surface area contributed by atoms with Gasteiger partial charge in [-0.3, -0.25) is 4.79 Å². The SMILES string of the molecule is CCCn1ccc2cc(NC(=O)C(C)C(C)N)ccc21. The number of nitrogens with zero attached hydrogens (tertiary/aromatic N) is 1. The monoisotopic (exact) mass is 273 g/mol. The van der Waals surface area contributed by atoms with Gasteiger partial charge >= 0.3 is 0 Å². The third kappa shape index (κ3) is 3.02. The molecule has 0 aliphatic heterocycles. The Morgan fingerprint density at radius 2 is 2.10 bits per heavy atom. The van der Waals surface area contributed by atoms with E-state index >= 15 is 0 Å². The fourth-order valence-electron chi connectivity index (χ4n) is 2.21. The predicted molar refractivity (Wildman–Crippen MR) is 83.7 cm³/mol. The first-order chi connectivity index (χ1) is 9.52. The second kappa shape index (κ2) is 6.09. The van der Waals surface area contributed by atoms with E-state index in [4.69, 9.17) is 5.73 Å². The number of hydrogen-bond donors (Lipinski definition) is 2. The second-order valence-corrected chi connectivity index (χ2v) is 5.42. The first kappa shape index (κ1) is 14.6. The Hall–Kier alpha value is -1.81. The van der Waals surface area contributed by atoms with Crippen LogP contribution in [0.2, 0.25) is 0 Å². The van der Waals surface area contributed by atoms with Gasteiger partial charge in [0.25, 0.3) is 0 Å². The maximum Gasteiger partial charge on any atom is 0.228 e. The summed E-state index contributed by atoms with van der Waals surface area (Å²) in [5.41, 5.74) is 7.78. The van der Waals surface area contributed by atoms with E-state index in [1.165, 1.54) is 5.52 Å². The van der Waals surface area contributed by atoms with Crippen molar-refractivity contribution in [1.82, 2.24) is 4.57 Å². The molecule has 2 unspecified atom stereocenters. The van der Waals surface area contributed by atoms with Crippen LogP contribution in [-0.4, -0.2) is 16.5 Å². The van der Waals surface area contributed by atoms with E-state index in [1.807, 2.05) is 26.0 Å². The second-order valence-electron chi connectivity index (χ2n) is 5.42. The molecule has 1 heterocycles. The third-order valence-electron chi connectivity index (χ3n) is 3.71. The van der Waals surface area contributed by atoms with E-state index < -0.39 is 0 Å². The van der Waals surface area contributed by atoms with Crippen LogP contribution in [0.15, 0.2) is 30.5 Å². The molecule has 1 aromatic heterocycles. The molecule has 20 heavy (non-hydrogen) atoms. The maximum absolute atomic E-state index is 12.0. The molecule has 0 saturated heterocycles. The number of carbonyl (C=O) groups excluding carboxylic acids is 1. The van der Waals surface area contributed by atoms with Crippen LogP contribution in [0.3, 0.4) is 0 Å². The molecule has 0 radical (unpaired) electrons. The number of rotatable bonds is 5. The molecule has 108 valence electrons. The lowest BCUT2D eigenvalue weighted by atomic mass is 10.0. The molecule has 4 heteroatoms. The van der Waals surface area contributed by atoms with Crippen molar-refractivity contribution in [3.05, 3.63) is 30.5 Å². The zero-order chi connectivity index (χ0) is 14.7. The molecule has 2 atom stereocenters. The van der Waals surface area contributed by atoms with E-state index in [0.717, 1.165) is 24.0 Å². The minimum Gasteiger partial charge on any atom is -0.347 e. The lowest BCUT2D eigenvalue weighted by molar-refractivity contribution is -0.119. The highest BCUT2D eigenvalue weighted by atomic mass is 16.1. The molecule has 0 spiro atoms. The molecular formula is C16H23N3O. The number of hydrogen-bond acceptors (Lipinski definition) is 2. The average Bonchev–Trinajstić information content (AvgIpc) is 2.81. The Kier molecular flexibility index (Phi) is 4.45. The standard InChI is InChI=1S/C16H23N3O/c1-4-8-19-9-7-13-10-14(5-6-15(13)19)18-16(20)11(2)12(3)17/h5-7,9-12H,4,8,17H2,1-3H3,(H,18,20). The number of nitrogens with two attached hydrogens (primary N) is 1. The van der Waals surface area contributed by atoms with Crippen molar-refractivity contribution in [2.75, 3.05) is 5.32 Å². The third-order valence-corrected chi connectivity index (χ3v) is 3.71. The molecule has 0 aliphatic carbocycles. The highest BCUT2D eigenvalue weighted by Gasteiger charge is 2.17. The number of benzene rings is 1. The van der Waals surface area contributed by atoms with Gasteiger partial charge in [-0.2, -0.15) is 0 Å². The van der Waals surface area contributed by atoms with Gasteiger partial charge < -0.3 is 15.6 Å². The van der Waals surface area contributed by atoms with Crippen LogP contribution in [0.5, 0.6) is 0 Å². The van der Waals surface area contributed by atoms with Crippen LogP contribution in [0.1, 0.15) is 27.2 Å². The normalized spacial score (nSPS) is 14.2. The average molecular weight is 273 g/mol. The molecule has 1 aromatic carbocycles. The van der Waals surface area contributed by atoms with Crippen LogP contribution >= 0.6 is 0 Å². The number of aryl methyl sites for hydroxylation is 1. The Balaban J connectivity index is 2.18. The van der Waals surface area contributed by atoms with Crippen LogP contribution in [0, 0.1) is 5.92 Å². The summed E-state index contributed by atoms with van der Waals surface area (Å²) in [7, 11) is 0. The fourth-order valence-corrected chi connectivity index (χ4v) is 2.21. The van der Waals surface area contributed by atoms with Crippen molar-refractivity contribution in [3.8, 4) is 0 Å². The summed E-state index contributed by atoms with van der Waals surface area (Å²) in [5, 5.41) is 4.07. The minimum atomic E-state index is -0.199. The Bertz CT molecular complexity index is 601. The van der Waals surface area contributed by atoms with Gasteiger partial charge in [0.2, 0.25) is 5.91 Å². The molecule has 0 aliphatic rings. The summed E-state index contributed by atoms with van der Waals surface area (Å²) in [6.07, 6.45) is 3.19. The molecule has 0 saturated carbocycles. The summed E-state index contributed by atoms with van der Waals surface area (Å²) in [5.74, 6) is -0.234. The highest BCUT2D eigenvalue weighted by molar-refractivity contribution is 5.95. The van der Waals surface area contributed by atoms with E-state index in [2.05, 4.69) is 35.1 Å². The first-order valence-corrected chi connectivity index (χ1v) is 7.18. The smallest absolute Gasteiger partial charge is 0.228 e. The van der Waals surface area contributed by atoms with Crippen LogP contribution in [-0.2, 0) is 11.3 Å². The molecule has 3 N–H and O–H groups in total. The quantitative estimate of drug-likeness (QED) is 0.879. The van der Waals surface area contributed by atoms with Crippen molar-refractivity contribution >= 4 is 22.5 Å². The lowest BCUT2D eigenvalue weighted by Gasteiger charge is -2.15. The summed E-state index contributed by atoms with van der Waals surface area (Å²) < 4.78 is 2.23. The number of fused-ring (bicyclic) bond motifs is 1. The van der Waals surface area contributed by atoms with E-state index in [0.29, 0.717) is 0 Å². The van der Waals surface area contributed by atoms with Crippen LogP contribution in [0.25, 0.3) is 10.9 Å². The number of nitrogens with one attached hydrogen (secondary N) is 1. The van der Waals surface area contributed by atoms with Gasteiger partial charge in [0.15, 0.2) is 0 Å². The maximum atomic E-state index is 12.0. The summed E-state index contributed by atoms with van der Waals surface area (Å²) in [6, 6.07) is 7.93. The van der Waals surface area contributed by atoms with E-state index in [9.17, 15) is 4.79 Å². The Morgan fingerprint density at radius 3 is 2.75 bits per heavy atom. The van der Waals surface area contributed by atoms with Crippen LogP contribution in [0.4, 0.5) is 5.69 Å². The van der Waals surface area contributed by atoms with Gasteiger partial charge in [-0.25, -0.2) is 0 Å². The van der Waals surface area contributed by atoms with Crippen molar-refractivity contribution in [2.45, 2.75) is 39.8 Å². The molecule has 0 fully saturated rings. The van der Waals surface area contributed by atoms with Crippen molar-refractivity contribution in [3.63, 3.8) is 0 Å². The summed E-state index contributed by atoms with van der Waals surface area (Å²) in [4.78, 5) is 12.0. The van der Waals surface area contributed by atoms with Crippen molar-refractivity contribution in [1.29, 1.82) is 0 Å². The molecule has 4 nitrogen and oxygen atoms in total. The Morgan fingerprint density at radius 1 is 1.35 bits per heavy atom. The fraction of sp³-hybridized carbons (Fsp3) is 0.438. The molecule has 2 rings (SSSR count). The van der Waals surface area contributed by atoms with E-state index in [1.54, 1.807) is 0 Å². The highest BCUT2D eigenvalue weighted by Crippen LogP contribution is 2.21. The lowest BCUT2D eigenvalue weighted by Crippen LogP contribution is -2.34. The minimum absolute atomic E-state index is 0.0349. The number of carbonyl (C=O) groups is 1. The van der Waals surface area contributed by atoms with Gasteiger partial charge in [0, 0.05) is 35.4 Å². The predicted octanol–water partition coefficient (Wildman–Crippen LogP) is 2.97.